The Morgan fingerprint density at radius 2 is 1.84 bits per heavy atom. The number of ether oxygens (including phenoxy) is 1. The molecule has 0 radical (unpaired) electrons. The second-order valence-electron chi connectivity index (χ2n) is 12.1. The summed E-state index contributed by atoms with van der Waals surface area (Å²) in [6.07, 6.45) is -4.19. The molecule has 1 aromatic carbocycles. The van der Waals surface area contributed by atoms with Crippen molar-refractivity contribution in [1.29, 1.82) is 0 Å². The molecule has 15 heteroatoms. The molecule has 2 amide bonds. The van der Waals surface area contributed by atoms with E-state index in [-0.39, 0.29) is 62.6 Å². The Morgan fingerprint density at radius 3 is 2.45 bits per heavy atom. The van der Waals surface area contributed by atoms with Gasteiger partial charge in [-0.05, 0) is 43.0 Å². The summed E-state index contributed by atoms with van der Waals surface area (Å²) in [5, 5.41) is 21.2. The van der Waals surface area contributed by atoms with E-state index in [1.807, 2.05) is 0 Å². The number of nitrogens with zero attached hydrogens (tertiary/aromatic N) is 5. The number of halogens is 4. The van der Waals surface area contributed by atoms with E-state index in [2.05, 4.69) is 4.98 Å². The highest BCUT2D eigenvalue weighted by molar-refractivity contribution is 6.31. The second-order valence-corrected chi connectivity index (χ2v) is 12.5. The molecular formula is C29H31ClF3N5O6. The van der Waals surface area contributed by atoms with E-state index in [9.17, 15) is 37.8 Å². The molecule has 6 rings (SSSR count). The topological polar surface area (TPSA) is 130 Å². The summed E-state index contributed by atoms with van der Waals surface area (Å²) in [5.74, 6) is -2.21. The molecule has 3 atom stereocenters. The SMILES string of the molecule is C[C@@]1(C(=O)N2CCC(O)(Cn3cnc4c(cc(Cl)n4-c4ccc([C@H]5COCCN5C(=O)O)cc4)c3=O)CC2)C[C@H]1C(F)(F)F. The number of morpholine rings is 1. The van der Waals surface area contributed by atoms with Crippen LogP contribution in [0.2, 0.25) is 5.15 Å². The molecule has 1 saturated carbocycles. The number of amides is 2. The van der Waals surface area contributed by atoms with Gasteiger partial charge in [0, 0.05) is 25.3 Å². The number of hydrogen-bond donors (Lipinski definition) is 2. The number of hydrogen-bond acceptors (Lipinski definition) is 6. The monoisotopic (exact) mass is 637 g/mol. The molecule has 3 aliphatic rings. The molecule has 3 fully saturated rings. The molecule has 44 heavy (non-hydrogen) atoms. The van der Waals surface area contributed by atoms with Gasteiger partial charge in [0.25, 0.3) is 5.56 Å². The van der Waals surface area contributed by atoms with Crippen molar-refractivity contribution in [2.24, 2.45) is 11.3 Å². The predicted molar refractivity (Wildman–Crippen MR) is 152 cm³/mol. The number of aliphatic hydroxyl groups is 1. The zero-order valence-electron chi connectivity index (χ0n) is 23.8. The van der Waals surface area contributed by atoms with Gasteiger partial charge in [0.05, 0.1) is 48.1 Å². The molecule has 2 N–H and O–H groups in total. The van der Waals surface area contributed by atoms with Crippen LogP contribution in [0.25, 0.3) is 16.7 Å². The largest absolute Gasteiger partial charge is 0.465 e. The molecule has 2 saturated heterocycles. The van der Waals surface area contributed by atoms with E-state index < -0.39 is 46.7 Å². The normalized spacial score (nSPS) is 25.3. The second kappa shape index (κ2) is 10.8. The average molecular weight is 638 g/mol. The fourth-order valence-corrected chi connectivity index (χ4v) is 6.73. The van der Waals surface area contributed by atoms with Crippen LogP contribution in [0.1, 0.15) is 37.8 Å². The van der Waals surface area contributed by atoms with E-state index in [1.165, 1.54) is 33.7 Å². The van der Waals surface area contributed by atoms with Crippen LogP contribution in [0.3, 0.4) is 0 Å². The van der Waals surface area contributed by atoms with E-state index >= 15 is 0 Å². The molecule has 2 aliphatic heterocycles. The lowest BCUT2D eigenvalue weighted by molar-refractivity contribution is -0.165. The van der Waals surface area contributed by atoms with E-state index in [4.69, 9.17) is 16.3 Å². The van der Waals surface area contributed by atoms with Crippen molar-refractivity contribution in [3.05, 3.63) is 57.7 Å². The Morgan fingerprint density at radius 1 is 1.16 bits per heavy atom. The van der Waals surface area contributed by atoms with E-state index in [1.54, 1.807) is 28.8 Å². The van der Waals surface area contributed by atoms with Gasteiger partial charge in [-0.15, -0.1) is 0 Å². The molecule has 0 spiro atoms. The van der Waals surface area contributed by atoms with Crippen molar-refractivity contribution in [1.82, 2.24) is 23.9 Å². The van der Waals surface area contributed by atoms with Crippen molar-refractivity contribution in [2.75, 3.05) is 32.8 Å². The smallest absolute Gasteiger partial charge is 0.407 e. The third-order valence-electron chi connectivity index (χ3n) is 9.22. The predicted octanol–water partition coefficient (Wildman–Crippen LogP) is 3.83. The molecule has 4 heterocycles. The fourth-order valence-electron chi connectivity index (χ4n) is 6.44. The number of carbonyl (C=O) groups is 2. The number of piperidine rings is 1. The van der Waals surface area contributed by atoms with Gasteiger partial charge in [0.15, 0.2) is 5.65 Å². The van der Waals surface area contributed by atoms with Crippen LogP contribution in [0, 0.1) is 11.3 Å². The lowest BCUT2D eigenvalue weighted by Gasteiger charge is -2.39. The lowest BCUT2D eigenvalue weighted by Crippen LogP contribution is -2.51. The van der Waals surface area contributed by atoms with Gasteiger partial charge in [-0.2, -0.15) is 13.2 Å². The standard InChI is InChI=1S/C29H31ClF3N5O6/c1-27(13-21(27)29(31,32)33)25(40)35-8-6-28(43,7-9-35)15-36-16-34-23-19(24(36)39)12-22(30)38(23)18-4-2-17(3-5-18)20-14-44-11-10-37(20)26(41)42/h2-5,12,16,20-21,43H,6-11,13-15H2,1H3,(H,41,42)/t20-,21-,27-/m1/s1. The Balaban J connectivity index is 1.17. The van der Waals surface area contributed by atoms with Gasteiger partial charge in [-0.25, -0.2) is 9.78 Å². The van der Waals surface area contributed by atoms with Crippen LogP contribution in [0.4, 0.5) is 18.0 Å². The van der Waals surface area contributed by atoms with Crippen LogP contribution < -0.4 is 5.56 Å². The molecule has 3 aromatic rings. The Bertz CT molecular complexity index is 1670. The highest BCUT2D eigenvalue weighted by Gasteiger charge is 2.68. The van der Waals surface area contributed by atoms with Crippen molar-refractivity contribution < 1.29 is 37.7 Å². The molecular weight excluding hydrogens is 607 g/mol. The first-order valence-electron chi connectivity index (χ1n) is 14.2. The number of likely N-dealkylation sites (tertiary alicyclic amines) is 1. The molecule has 1 aliphatic carbocycles. The minimum Gasteiger partial charge on any atom is -0.465 e. The molecule has 11 nitrogen and oxygen atoms in total. The van der Waals surface area contributed by atoms with Crippen LogP contribution in [-0.2, 0) is 16.1 Å². The van der Waals surface area contributed by atoms with Crippen LogP contribution in [0.15, 0.2) is 41.5 Å². The maximum absolute atomic E-state index is 13.4. The molecule has 0 bridgehead atoms. The Kier molecular flexibility index (Phi) is 7.45. The Labute approximate surface area is 254 Å². The van der Waals surface area contributed by atoms with Crippen LogP contribution in [0.5, 0.6) is 0 Å². The van der Waals surface area contributed by atoms with Gasteiger partial charge >= 0.3 is 12.3 Å². The number of alkyl halides is 3. The minimum atomic E-state index is -4.42. The first kappa shape index (κ1) is 30.4. The van der Waals surface area contributed by atoms with E-state index in [0.29, 0.717) is 17.9 Å². The van der Waals surface area contributed by atoms with Gasteiger partial charge < -0.3 is 19.8 Å². The van der Waals surface area contributed by atoms with Gasteiger partial charge in [0.2, 0.25) is 5.91 Å². The third kappa shape index (κ3) is 5.32. The zero-order chi connectivity index (χ0) is 31.6. The highest BCUT2D eigenvalue weighted by atomic mass is 35.5. The zero-order valence-corrected chi connectivity index (χ0v) is 24.5. The number of carbonyl (C=O) groups excluding carboxylic acids is 1. The maximum atomic E-state index is 13.4. The minimum absolute atomic E-state index is 0.0787. The number of fused-ring (bicyclic) bond motifs is 1. The maximum Gasteiger partial charge on any atom is 0.407 e. The Hall–Kier alpha value is -3.62. The van der Waals surface area contributed by atoms with Crippen LogP contribution in [-0.4, -0.2) is 90.8 Å². The summed E-state index contributed by atoms with van der Waals surface area (Å²) < 4.78 is 47.8. The molecule has 236 valence electrons. The van der Waals surface area contributed by atoms with Crippen molar-refractivity contribution >= 4 is 34.6 Å². The van der Waals surface area contributed by atoms with Gasteiger partial charge in [-0.3, -0.25) is 23.6 Å². The van der Waals surface area contributed by atoms with Crippen molar-refractivity contribution in [2.45, 2.75) is 50.6 Å². The summed E-state index contributed by atoms with van der Waals surface area (Å²) in [4.78, 5) is 45.1. The summed E-state index contributed by atoms with van der Waals surface area (Å²) in [6, 6.07) is 8.07. The number of carboxylic acid groups (broad SMARTS) is 1. The molecule has 0 unspecified atom stereocenters. The summed E-state index contributed by atoms with van der Waals surface area (Å²) in [7, 11) is 0. The number of rotatable bonds is 5. The summed E-state index contributed by atoms with van der Waals surface area (Å²) >= 11 is 6.54. The molecule has 2 aromatic heterocycles. The number of benzene rings is 1. The first-order valence-corrected chi connectivity index (χ1v) is 14.6. The number of aromatic nitrogens is 3. The van der Waals surface area contributed by atoms with Gasteiger partial charge in [0.1, 0.15) is 11.5 Å². The van der Waals surface area contributed by atoms with E-state index in [0.717, 1.165) is 5.56 Å². The highest BCUT2D eigenvalue weighted by Crippen LogP contribution is 2.61. The van der Waals surface area contributed by atoms with Crippen molar-refractivity contribution in [3.63, 3.8) is 0 Å². The van der Waals surface area contributed by atoms with Crippen LogP contribution >= 0.6 is 11.6 Å². The quantitative estimate of drug-likeness (QED) is 0.435. The third-order valence-corrected chi connectivity index (χ3v) is 9.50. The van der Waals surface area contributed by atoms with Crippen molar-refractivity contribution in [3.8, 4) is 5.69 Å². The lowest BCUT2D eigenvalue weighted by atomic mass is 9.90. The summed E-state index contributed by atoms with van der Waals surface area (Å²) in [6.45, 7) is 2.21. The first-order chi connectivity index (χ1) is 20.7. The van der Waals surface area contributed by atoms with Gasteiger partial charge in [-0.1, -0.05) is 30.7 Å². The fraction of sp³-hybridized carbons (Fsp3) is 0.517. The average Bonchev–Trinajstić information content (AvgIpc) is 3.59. The summed E-state index contributed by atoms with van der Waals surface area (Å²) in [5.41, 5.74) is -1.62.